The second kappa shape index (κ2) is 6.41. The lowest BCUT2D eigenvalue weighted by molar-refractivity contribution is 0.300. The van der Waals surface area contributed by atoms with Gasteiger partial charge >= 0.3 is 0 Å². The van der Waals surface area contributed by atoms with Gasteiger partial charge in [0, 0.05) is 16.5 Å². The van der Waals surface area contributed by atoms with Gasteiger partial charge in [0.05, 0.1) is 10.7 Å². The molecule has 94 valence electrons. The topological polar surface area (TPSA) is 22.1 Å². The fourth-order valence-corrected chi connectivity index (χ4v) is 2.43. The van der Waals surface area contributed by atoms with Crippen LogP contribution in [0.1, 0.15) is 11.3 Å². The Bertz CT molecular complexity index is 548. The number of hydrogen-bond acceptors (Lipinski definition) is 2. The van der Waals surface area contributed by atoms with Crippen LogP contribution in [-0.2, 0) is 11.9 Å². The molecule has 0 N–H and O–H groups in total. The summed E-state index contributed by atoms with van der Waals surface area (Å²) in [4.78, 5) is 4.29. The number of pyridine rings is 1. The van der Waals surface area contributed by atoms with Crippen molar-refractivity contribution in [3.8, 4) is 5.75 Å². The molecule has 1 aromatic heterocycles. The molecule has 0 radical (unpaired) electrons. The molecule has 0 unspecified atom stereocenters. The SMILES string of the molecule is Clc1ccc(OCc2ncccc2CBr)c(Cl)c1. The van der Waals surface area contributed by atoms with Crippen LogP contribution in [0, 0.1) is 0 Å². The van der Waals surface area contributed by atoms with E-state index in [1.54, 1.807) is 24.4 Å². The van der Waals surface area contributed by atoms with Crippen molar-refractivity contribution in [2.45, 2.75) is 11.9 Å². The van der Waals surface area contributed by atoms with E-state index in [4.69, 9.17) is 27.9 Å². The molecule has 0 fully saturated rings. The standard InChI is InChI=1S/C13H10BrCl2NO/c14-7-9-2-1-5-17-12(9)8-18-13-4-3-10(15)6-11(13)16/h1-6H,7-8H2. The first-order chi connectivity index (χ1) is 8.70. The van der Waals surface area contributed by atoms with Crippen molar-refractivity contribution in [1.82, 2.24) is 4.98 Å². The second-order valence-electron chi connectivity index (χ2n) is 3.61. The van der Waals surface area contributed by atoms with E-state index in [1.165, 1.54) is 0 Å². The third-order valence-electron chi connectivity index (χ3n) is 2.39. The Balaban J connectivity index is 2.11. The van der Waals surface area contributed by atoms with Gasteiger partial charge in [0.15, 0.2) is 0 Å². The normalized spacial score (nSPS) is 10.4. The molecule has 0 bridgehead atoms. The Morgan fingerprint density at radius 2 is 2.06 bits per heavy atom. The molecule has 2 rings (SSSR count). The van der Waals surface area contributed by atoms with Gasteiger partial charge in [-0.3, -0.25) is 4.98 Å². The molecule has 0 saturated carbocycles. The van der Waals surface area contributed by atoms with Crippen molar-refractivity contribution in [1.29, 1.82) is 0 Å². The predicted molar refractivity (Wildman–Crippen MR) is 77.7 cm³/mol. The van der Waals surface area contributed by atoms with E-state index in [0.717, 1.165) is 16.6 Å². The van der Waals surface area contributed by atoms with Crippen LogP contribution in [0.15, 0.2) is 36.5 Å². The Morgan fingerprint density at radius 1 is 1.22 bits per heavy atom. The quantitative estimate of drug-likeness (QED) is 0.737. The highest BCUT2D eigenvalue weighted by atomic mass is 79.9. The van der Waals surface area contributed by atoms with Gasteiger partial charge in [-0.2, -0.15) is 0 Å². The lowest BCUT2D eigenvalue weighted by Crippen LogP contribution is -2.02. The summed E-state index contributed by atoms with van der Waals surface area (Å²) in [7, 11) is 0. The largest absolute Gasteiger partial charge is 0.486 e. The van der Waals surface area contributed by atoms with Gasteiger partial charge in [0.2, 0.25) is 0 Å². The summed E-state index contributed by atoms with van der Waals surface area (Å²) in [6, 6.07) is 9.05. The van der Waals surface area contributed by atoms with E-state index in [0.29, 0.717) is 22.4 Å². The maximum Gasteiger partial charge on any atom is 0.138 e. The number of alkyl halides is 1. The molecule has 2 nitrogen and oxygen atoms in total. The number of hydrogen-bond donors (Lipinski definition) is 0. The van der Waals surface area contributed by atoms with Crippen LogP contribution < -0.4 is 4.74 Å². The van der Waals surface area contributed by atoms with E-state index in [-0.39, 0.29) is 0 Å². The molecular formula is C13H10BrCl2NO. The summed E-state index contributed by atoms with van der Waals surface area (Å²) in [5, 5.41) is 1.83. The van der Waals surface area contributed by atoms with Crippen molar-refractivity contribution >= 4 is 39.1 Å². The zero-order valence-electron chi connectivity index (χ0n) is 9.37. The van der Waals surface area contributed by atoms with Crippen LogP contribution in [0.3, 0.4) is 0 Å². The maximum absolute atomic E-state index is 6.03. The summed E-state index contributed by atoms with van der Waals surface area (Å²) in [6.45, 7) is 0.378. The Kier molecular flexibility index (Phi) is 4.87. The molecule has 0 atom stereocenters. The maximum atomic E-state index is 6.03. The number of nitrogens with zero attached hydrogens (tertiary/aromatic N) is 1. The van der Waals surface area contributed by atoms with Gasteiger partial charge in [-0.1, -0.05) is 45.2 Å². The fourth-order valence-electron chi connectivity index (χ4n) is 1.46. The van der Waals surface area contributed by atoms with E-state index < -0.39 is 0 Å². The average molecular weight is 347 g/mol. The highest BCUT2D eigenvalue weighted by Crippen LogP contribution is 2.28. The number of benzene rings is 1. The molecule has 0 aliphatic carbocycles. The van der Waals surface area contributed by atoms with Crippen LogP contribution in [0.25, 0.3) is 0 Å². The Labute approximate surface area is 124 Å². The lowest BCUT2D eigenvalue weighted by atomic mass is 10.2. The van der Waals surface area contributed by atoms with Gasteiger partial charge in [0.1, 0.15) is 12.4 Å². The minimum Gasteiger partial charge on any atom is -0.486 e. The van der Waals surface area contributed by atoms with Crippen LogP contribution in [-0.4, -0.2) is 4.98 Å². The molecule has 0 aliphatic heterocycles. The number of halogens is 3. The van der Waals surface area contributed by atoms with Gasteiger partial charge in [-0.25, -0.2) is 0 Å². The summed E-state index contributed by atoms with van der Waals surface area (Å²) in [5.74, 6) is 0.604. The molecule has 2 aromatic rings. The highest BCUT2D eigenvalue weighted by Gasteiger charge is 2.06. The first-order valence-corrected chi connectivity index (χ1v) is 7.15. The minimum absolute atomic E-state index is 0.378. The third-order valence-corrected chi connectivity index (χ3v) is 3.52. The molecule has 18 heavy (non-hydrogen) atoms. The van der Waals surface area contributed by atoms with Crippen LogP contribution >= 0.6 is 39.1 Å². The first kappa shape index (κ1) is 13.7. The molecule has 0 saturated heterocycles. The summed E-state index contributed by atoms with van der Waals surface area (Å²) in [6.07, 6.45) is 1.74. The van der Waals surface area contributed by atoms with E-state index in [1.807, 2.05) is 12.1 Å². The van der Waals surface area contributed by atoms with E-state index >= 15 is 0 Å². The zero-order chi connectivity index (χ0) is 13.0. The minimum atomic E-state index is 0.378. The molecule has 0 aliphatic rings. The number of rotatable bonds is 4. The van der Waals surface area contributed by atoms with E-state index in [2.05, 4.69) is 20.9 Å². The monoisotopic (exact) mass is 345 g/mol. The average Bonchev–Trinajstić information content (AvgIpc) is 2.38. The van der Waals surface area contributed by atoms with E-state index in [9.17, 15) is 0 Å². The van der Waals surface area contributed by atoms with Gasteiger partial charge < -0.3 is 4.74 Å². The molecule has 0 amide bonds. The zero-order valence-corrected chi connectivity index (χ0v) is 12.5. The summed E-state index contributed by atoms with van der Waals surface area (Å²) < 4.78 is 5.65. The molecule has 1 heterocycles. The lowest BCUT2D eigenvalue weighted by Gasteiger charge is -2.10. The summed E-state index contributed by atoms with van der Waals surface area (Å²) >= 11 is 15.3. The molecular weight excluding hydrogens is 337 g/mol. The first-order valence-electron chi connectivity index (χ1n) is 5.27. The summed E-state index contributed by atoms with van der Waals surface area (Å²) in [5.41, 5.74) is 1.99. The predicted octanol–water partition coefficient (Wildman–Crippen LogP) is 4.86. The van der Waals surface area contributed by atoms with Crippen molar-refractivity contribution in [3.63, 3.8) is 0 Å². The van der Waals surface area contributed by atoms with Gasteiger partial charge in [0.25, 0.3) is 0 Å². The number of aromatic nitrogens is 1. The third kappa shape index (κ3) is 3.37. The second-order valence-corrected chi connectivity index (χ2v) is 5.01. The van der Waals surface area contributed by atoms with Crippen molar-refractivity contribution in [2.75, 3.05) is 0 Å². The molecule has 5 heteroatoms. The van der Waals surface area contributed by atoms with Crippen molar-refractivity contribution in [2.24, 2.45) is 0 Å². The molecule has 1 aromatic carbocycles. The highest BCUT2D eigenvalue weighted by molar-refractivity contribution is 9.08. The van der Waals surface area contributed by atoms with Crippen LogP contribution in [0.4, 0.5) is 0 Å². The Morgan fingerprint density at radius 3 is 2.78 bits per heavy atom. The molecule has 0 spiro atoms. The van der Waals surface area contributed by atoms with Crippen LogP contribution in [0.2, 0.25) is 10.0 Å². The van der Waals surface area contributed by atoms with Gasteiger partial charge in [-0.05, 0) is 29.8 Å². The Hall–Kier alpha value is -0.770. The smallest absolute Gasteiger partial charge is 0.138 e. The number of ether oxygens (including phenoxy) is 1. The fraction of sp³-hybridized carbons (Fsp3) is 0.154. The van der Waals surface area contributed by atoms with Crippen LogP contribution in [0.5, 0.6) is 5.75 Å². The van der Waals surface area contributed by atoms with Gasteiger partial charge in [-0.15, -0.1) is 0 Å². The van der Waals surface area contributed by atoms with Crippen molar-refractivity contribution < 1.29 is 4.74 Å². The van der Waals surface area contributed by atoms with Crippen molar-refractivity contribution in [3.05, 3.63) is 57.8 Å².